The Hall–Kier alpha value is -2.09. The van der Waals surface area contributed by atoms with E-state index in [0.717, 1.165) is 25.8 Å². The van der Waals surface area contributed by atoms with Crippen LogP contribution in [0.25, 0.3) is 0 Å². The molecule has 2 nitrogen and oxygen atoms in total. The van der Waals surface area contributed by atoms with Crippen molar-refractivity contribution in [3.05, 3.63) is 71.8 Å². The average Bonchev–Trinajstić information content (AvgIpc) is 2.95. The van der Waals surface area contributed by atoms with Gasteiger partial charge in [0.1, 0.15) is 0 Å². The third-order valence-corrected chi connectivity index (χ3v) is 4.72. The van der Waals surface area contributed by atoms with Gasteiger partial charge in [0.15, 0.2) is 0 Å². The zero-order valence-corrected chi connectivity index (χ0v) is 13.1. The van der Waals surface area contributed by atoms with Crippen LogP contribution in [0.2, 0.25) is 0 Å². The Morgan fingerprint density at radius 3 is 2.36 bits per heavy atom. The van der Waals surface area contributed by atoms with Gasteiger partial charge in [0, 0.05) is 12.5 Å². The van der Waals surface area contributed by atoms with Gasteiger partial charge in [-0.15, -0.1) is 0 Å². The molecular formula is C20H23NO. The lowest BCUT2D eigenvalue weighted by Crippen LogP contribution is -2.30. The summed E-state index contributed by atoms with van der Waals surface area (Å²) in [5, 5.41) is 0. The van der Waals surface area contributed by atoms with Crippen LogP contribution in [0.3, 0.4) is 0 Å². The molecule has 0 N–H and O–H groups in total. The maximum atomic E-state index is 12.7. The monoisotopic (exact) mass is 293 g/mol. The lowest BCUT2D eigenvalue weighted by molar-refractivity contribution is -0.132. The summed E-state index contributed by atoms with van der Waals surface area (Å²) in [6.07, 6.45) is 2.94. The lowest BCUT2D eigenvalue weighted by atomic mass is 9.98. The minimum Gasteiger partial charge on any atom is -0.336 e. The third kappa shape index (κ3) is 3.22. The topological polar surface area (TPSA) is 20.3 Å². The van der Waals surface area contributed by atoms with Gasteiger partial charge in [-0.1, -0.05) is 60.7 Å². The SMILES string of the molecule is C[C@@H](c1ccccc1)N1CC[C@H](CCc2ccccc2)C1=O. The van der Waals surface area contributed by atoms with E-state index in [1.807, 2.05) is 29.2 Å². The molecule has 0 spiro atoms. The molecule has 1 amide bonds. The number of hydrogen-bond acceptors (Lipinski definition) is 1. The highest BCUT2D eigenvalue weighted by Gasteiger charge is 2.34. The Balaban J connectivity index is 1.60. The predicted molar refractivity (Wildman–Crippen MR) is 89.4 cm³/mol. The fourth-order valence-corrected chi connectivity index (χ4v) is 3.31. The van der Waals surface area contributed by atoms with Crippen LogP contribution in [0.5, 0.6) is 0 Å². The van der Waals surface area contributed by atoms with Gasteiger partial charge in [0.05, 0.1) is 6.04 Å². The Morgan fingerprint density at radius 2 is 1.68 bits per heavy atom. The highest BCUT2D eigenvalue weighted by Crippen LogP contribution is 2.30. The second-order valence-corrected chi connectivity index (χ2v) is 6.13. The molecule has 1 fully saturated rings. The highest BCUT2D eigenvalue weighted by atomic mass is 16.2. The fourth-order valence-electron chi connectivity index (χ4n) is 3.31. The summed E-state index contributed by atoms with van der Waals surface area (Å²) < 4.78 is 0. The van der Waals surface area contributed by atoms with Crippen molar-refractivity contribution < 1.29 is 4.79 Å². The van der Waals surface area contributed by atoms with Crippen LogP contribution >= 0.6 is 0 Å². The number of nitrogens with zero attached hydrogens (tertiary/aromatic N) is 1. The van der Waals surface area contributed by atoms with E-state index in [-0.39, 0.29) is 12.0 Å². The predicted octanol–water partition coefficient (Wildman–Crippen LogP) is 4.23. The van der Waals surface area contributed by atoms with Crippen molar-refractivity contribution in [2.24, 2.45) is 5.92 Å². The number of carbonyl (C=O) groups is 1. The molecule has 3 rings (SSSR count). The van der Waals surface area contributed by atoms with Gasteiger partial charge in [0.25, 0.3) is 0 Å². The first-order valence-electron chi connectivity index (χ1n) is 8.15. The molecule has 0 unspecified atom stereocenters. The van der Waals surface area contributed by atoms with Crippen LogP contribution in [0.15, 0.2) is 60.7 Å². The Labute approximate surface area is 132 Å². The molecular weight excluding hydrogens is 270 g/mol. The molecule has 0 bridgehead atoms. The largest absolute Gasteiger partial charge is 0.336 e. The molecule has 2 atom stereocenters. The number of aryl methyl sites for hydroxylation is 1. The number of likely N-dealkylation sites (tertiary alicyclic amines) is 1. The summed E-state index contributed by atoms with van der Waals surface area (Å²) in [4.78, 5) is 14.7. The highest BCUT2D eigenvalue weighted by molar-refractivity contribution is 5.81. The average molecular weight is 293 g/mol. The van der Waals surface area contributed by atoms with Crippen molar-refractivity contribution >= 4 is 5.91 Å². The summed E-state index contributed by atoms with van der Waals surface area (Å²) in [6.45, 7) is 3.02. The Bertz CT molecular complexity index is 608. The first-order valence-corrected chi connectivity index (χ1v) is 8.15. The zero-order chi connectivity index (χ0) is 15.4. The number of rotatable bonds is 5. The van der Waals surface area contributed by atoms with Crippen molar-refractivity contribution in [2.45, 2.75) is 32.2 Å². The minimum absolute atomic E-state index is 0.176. The lowest BCUT2D eigenvalue weighted by Gasteiger charge is -2.25. The van der Waals surface area contributed by atoms with Gasteiger partial charge in [-0.2, -0.15) is 0 Å². The molecule has 1 saturated heterocycles. The summed E-state index contributed by atoms with van der Waals surface area (Å²) in [6, 6.07) is 20.9. The molecule has 0 aliphatic carbocycles. The summed E-state index contributed by atoms with van der Waals surface area (Å²) in [5.41, 5.74) is 2.55. The van der Waals surface area contributed by atoms with E-state index in [2.05, 4.69) is 43.3 Å². The van der Waals surface area contributed by atoms with Crippen LogP contribution in [0.1, 0.15) is 36.9 Å². The standard InChI is InChI=1S/C20H23NO/c1-16(18-10-6-3-7-11-18)21-15-14-19(20(21)22)13-12-17-8-4-2-5-9-17/h2-11,16,19H,12-15H2,1H3/t16-,19-/m0/s1. The van der Waals surface area contributed by atoms with Crippen molar-refractivity contribution in [1.82, 2.24) is 4.90 Å². The Kier molecular flexibility index (Phi) is 4.57. The van der Waals surface area contributed by atoms with Crippen LogP contribution < -0.4 is 0 Å². The molecule has 2 aromatic carbocycles. The molecule has 1 heterocycles. The van der Waals surface area contributed by atoms with Crippen LogP contribution in [-0.4, -0.2) is 17.4 Å². The quantitative estimate of drug-likeness (QED) is 0.808. The van der Waals surface area contributed by atoms with Gasteiger partial charge in [-0.25, -0.2) is 0 Å². The first kappa shape index (κ1) is 14.8. The number of carbonyl (C=O) groups excluding carboxylic acids is 1. The molecule has 114 valence electrons. The van der Waals surface area contributed by atoms with Gasteiger partial charge in [-0.3, -0.25) is 4.79 Å². The normalized spacial score (nSPS) is 19.4. The third-order valence-electron chi connectivity index (χ3n) is 4.72. The van der Waals surface area contributed by atoms with Crippen molar-refractivity contribution in [1.29, 1.82) is 0 Å². The van der Waals surface area contributed by atoms with E-state index < -0.39 is 0 Å². The summed E-state index contributed by atoms with van der Waals surface area (Å²) in [7, 11) is 0. The second kappa shape index (κ2) is 6.78. The second-order valence-electron chi connectivity index (χ2n) is 6.13. The summed E-state index contributed by atoms with van der Waals surface area (Å²) in [5.74, 6) is 0.513. The van der Waals surface area contributed by atoms with E-state index >= 15 is 0 Å². The van der Waals surface area contributed by atoms with E-state index in [9.17, 15) is 4.79 Å². The number of amides is 1. The number of hydrogen-bond donors (Lipinski definition) is 0. The molecule has 2 heteroatoms. The molecule has 2 aromatic rings. The van der Waals surface area contributed by atoms with Crippen LogP contribution in [0, 0.1) is 5.92 Å². The number of benzene rings is 2. The molecule has 22 heavy (non-hydrogen) atoms. The Morgan fingerprint density at radius 1 is 1.05 bits per heavy atom. The van der Waals surface area contributed by atoms with E-state index in [1.165, 1.54) is 11.1 Å². The van der Waals surface area contributed by atoms with Crippen molar-refractivity contribution in [3.63, 3.8) is 0 Å². The van der Waals surface area contributed by atoms with E-state index in [0.29, 0.717) is 5.91 Å². The van der Waals surface area contributed by atoms with E-state index in [1.54, 1.807) is 0 Å². The van der Waals surface area contributed by atoms with Crippen molar-refractivity contribution in [3.8, 4) is 0 Å². The minimum atomic E-state index is 0.176. The maximum absolute atomic E-state index is 12.7. The first-order chi connectivity index (χ1) is 10.8. The maximum Gasteiger partial charge on any atom is 0.226 e. The van der Waals surface area contributed by atoms with Gasteiger partial charge in [0.2, 0.25) is 5.91 Å². The summed E-state index contributed by atoms with van der Waals surface area (Å²) >= 11 is 0. The molecule has 0 aromatic heterocycles. The molecule has 0 radical (unpaired) electrons. The molecule has 0 saturated carbocycles. The molecule has 1 aliphatic heterocycles. The fraction of sp³-hybridized carbons (Fsp3) is 0.350. The zero-order valence-electron chi connectivity index (χ0n) is 13.1. The van der Waals surface area contributed by atoms with Gasteiger partial charge >= 0.3 is 0 Å². The van der Waals surface area contributed by atoms with Crippen molar-refractivity contribution in [2.75, 3.05) is 6.54 Å². The van der Waals surface area contributed by atoms with E-state index in [4.69, 9.17) is 0 Å². The molecule has 1 aliphatic rings. The van der Waals surface area contributed by atoms with Gasteiger partial charge in [-0.05, 0) is 37.3 Å². The van der Waals surface area contributed by atoms with Crippen LogP contribution in [0.4, 0.5) is 0 Å². The smallest absolute Gasteiger partial charge is 0.226 e. The van der Waals surface area contributed by atoms with Crippen LogP contribution in [-0.2, 0) is 11.2 Å². The van der Waals surface area contributed by atoms with Gasteiger partial charge < -0.3 is 4.90 Å².